The van der Waals surface area contributed by atoms with Crippen molar-refractivity contribution >= 4 is 5.57 Å². The highest BCUT2D eigenvalue weighted by molar-refractivity contribution is 5.68. The Kier molecular flexibility index (Phi) is 3.09. The van der Waals surface area contributed by atoms with Gasteiger partial charge < -0.3 is 0 Å². The van der Waals surface area contributed by atoms with E-state index >= 15 is 0 Å². The fraction of sp³-hybridized carbons (Fsp3) is 0.250. The summed E-state index contributed by atoms with van der Waals surface area (Å²) in [6, 6.07) is 8.42. The summed E-state index contributed by atoms with van der Waals surface area (Å²) in [5.41, 5.74) is 3.98. The first-order chi connectivity index (χ1) is 5.79. The van der Waals surface area contributed by atoms with Gasteiger partial charge in [-0.25, -0.2) is 0 Å². The number of benzene rings is 1. The number of rotatable bonds is 2. The second-order valence-corrected chi connectivity index (χ2v) is 2.90. The normalized spacial score (nSPS) is 11.8. The lowest BCUT2D eigenvalue weighted by molar-refractivity contribution is 1.22. The molecule has 0 aromatic heterocycles. The molecule has 1 rings (SSSR count). The maximum atomic E-state index is 3.81. The van der Waals surface area contributed by atoms with Crippen molar-refractivity contribution in [2.24, 2.45) is 0 Å². The smallest absolute Gasteiger partial charge is 0.0199 e. The standard InChI is InChI=1S/C12H15/c1-4-11(5-2)12-9-7-6-8-10(12)3/h4,6-9H,1,5H2,2-3H3. The van der Waals surface area contributed by atoms with E-state index in [1.165, 1.54) is 16.7 Å². The maximum absolute atomic E-state index is 3.81. The third kappa shape index (κ3) is 1.76. The molecule has 0 unspecified atom stereocenters. The highest BCUT2D eigenvalue weighted by Gasteiger charge is 1.99. The van der Waals surface area contributed by atoms with Crippen molar-refractivity contribution in [2.75, 3.05) is 0 Å². The largest absolute Gasteiger partial charge is 0.0804 e. The fourth-order valence-electron chi connectivity index (χ4n) is 1.38. The van der Waals surface area contributed by atoms with E-state index in [0.717, 1.165) is 6.42 Å². The summed E-state index contributed by atoms with van der Waals surface area (Å²) >= 11 is 0. The SMILES string of the molecule is [CH2]C=C(CC)c1ccccc1C. The molecule has 1 aromatic carbocycles. The van der Waals surface area contributed by atoms with E-state index in [0.29, 0.717) is 0 Å². The van der Waals surface area contributed by atoms with E-state index < -0.39 is 0 Å². The lowest BCUT2D eigenvalue weighted by atomic mass is 9.99. The predicted molar refractivity (Wildman–Crippen MR) is 54.8 cm³/mol. The highest BCUT2D eigenvalue weighted by atomic mass is 14.0. The van der Waals surface area contributed by atoms with E-state index in [-0.39, 0.29) is 0 Å². The molecule has 0 atom stereocenters. The van der Waals surface area contributed by atoms with Crippen molar-refractivity contribution in [1.82, 2.24) is 0 Å². The third-order valence-electron chi connectivity index (χ3n) is 2.12. The zero-order valence-electron chi connectivity index (χ0n) is 7.80. The van der Waals surface area contributed by atoms with Gasteiger partial charge >= 0.3 is 0 Å². The van der Waals surface area contributed by atoms with Crippen LogP contribution < -0.4 is 0 Å². The van der Waals surface area contributed by atoms with Gasteiger partial charge in [-0.05, 0) is 37.0 Å². The quantitative estimate of drug-likeness (QED) is 0.618. The maximum Gasteiger partial charge on any atom is -0.0199 e. The molecule has 0 heterocycles. The van der Waals surface area contributed by atoms with Crippen LogP contribution in [-0.4, -0.2) is 0 Å². The minimum atomic E-state index is 1.05. The third-order valence-corrected chi connectivity index (χ3v) is 2.12. The summed E-state index contributed by atoms with van der Waals surface area (Å²) in [6.45, 7) is 8.10. The van der Waals surface area contributed by atoms with Gasteiger partial charge in [-0.15, -0.1) is 0 Å². The molecule has 63 valence electrons. The van der Waals surface area contributed by atoms with Gasteiger partial charge in [-0.1, -0.05) is 37.3 Å². The van der Waals surface area contributed by atoms with Gasteiger partial charge in [0, 0.05) is 0 Å². The van der Waals surface area contributed by atoms with Gasteiger partial charge in [0.2, 0.25) is 0 Å². The molecule has 1 radical (unpaired) electrons. The first-order valence-corrected chi connectivity index (χ1v) is 4.33. The minimum Gasteiger partial charge on any atom is -0.0804 e. The van der Waals surface area contributed by atoms with Crippen molar-refractivity contribution in [1.29, 1.82) is 0 Å². The highest BCUT2D eigenvalue weighted by Crippen LogP contribution is 2.20. The summed E-state index contributed by atoms with van der Waals surface area (Å²) in [7, 11) is 0. The van der Waals surface area contributed by atoms with Gasteiger partial charge in [-0.3, -0.25) is 0 Å². The summed E-state index contributed by atoms with van der Waals surface area (Å²) < 4.78 is 0. The molecule has 0 aliphatic rings. The molecule has 0 nitrogen and oxygen atoms in total. The first kappa shape index (κ1) is 9.05. The van der Waals surface area contributed by atoms with Crippen LogP contribution in [0, 0.1) is 13.8 Å². The van der Waals surface area contributed by atoms with Crippen molar-refractivity contribution in [3.63, 3.8) is 0 Å². The molecule has 0 fully saturated rings. The lowest BCUT2D eigenvalue weighted by Gasteiger charge is -2.06. The molecule has 0 saturated heterocycles. The molecule has 0 bridgehead atoms. The number of aryl methyl sites for hydroxylation is 1. The summed E-state index contributed by atoms with van der Waals surface area (Å²) in [4.78, 5) is 0. The van der Waals surface area contributed by atoms with Gasteiger partial charge in [0.05, 0.1) is 0 Å². The zero-order chi connectivity index (χ0) is 8.97. The zero-order valence-corrected chi connectivity index (χ0v) is 7.80. The van der Waals surface area contributed by atoms with Gasteiger partial charge in [-0.2, -0.15) is 0 Å². The fourth-order valence-corrected chi connectivity index (χ4v) is 1.38. The van der Waals surface area contributed by atoms with Crippen molar-refractivity contribution in [3.8, 4) is 0 Å². The van der Waals surface area contributed by atoms with Crippen LogP contribution >= 0.6 is 0 Å². The topological polar surface area (TPSA) is 0 Å². The molecule has 0 saturated carbocycles. The van der Waals surface area contributed by atoms with Gasteiger partial charge in [0.15, 0.2) is 0 Å². The first-order valence-electron chi connectivity index (χ1n) is 4.33. The number of hydrogen-bond acceptors (Lipinski definition) is 0. The van der Waals surface area contributed by atoms with E-state index in [1.807, 2.05) is 6.08 Å². The second kappa shape index (κ2) is 4.10. The Morgan fingerprint density at radius 3 is 2.58 bits per heavy atom. The number of allylic oxidation sites excluding steroid dienone is 2. The molecule has 0 heteroatoms. The molecule has 0 spiro atoms. The molecule has 0 aliphatic heterocycles. The van der Waals surface area contributed by atoms with E-state index in [4.69, 9.17) is 0 Å². The molecular weight excluding hydrogens is 144 g/mol. The molecule has 12 heavy (non-hydrogen) atoms. The summed E-state index contributed by atoms with van der Waals surface area (Å²) in [5.74, 6) is 0. The Labute approximate surface area is 74.9 Å². The van der Waals surface area contributed by atoms with Crippen LogP contribution in [0.2, 0.25) is 0 Å². The second-order valence-electron chi connectivity index (χ2n) is 2.90. The predicted octanol–water partition coefficient (Wildman–Crippen LogP) is 3.62. The van der Waals surface area contributed by atoms with Crippen molar-refractivity contribution in [2.45, 2.75) is 20.3 Å². The Morgan fingerprint density at radius 2 is 2.08 bits per heavy atom. The summed E-state index contributed by atoms with van der Waals surface area (Å²) in [6.07, 6.45) is 3.00. The lowest BCUT2D eigenvalue weighted by Crippen LogP contribution is -1.86. The van der Waals surface area contributed by atoms with E-state index in [9.17, 15) is 0 Å². The molecule has 0 N–H and O–H groups in total. The molecule has 0 aliphatic carbocycles. The van der Waals surface area contributed by atoms with Crippen LogP contribution in [-0.2, 0) is 0 Å². The Morgan fingerprint density at radius 1 is 1.42 bits per heavy atom. The van der Waals surface area contributed by atoms with E-state index in [1.54, 1.807) is 0 Å². The number of hydrogen-bond donors (Lipinski definition) is 0. The van der Waals surface area contributed by atoms with Crippen LogP contribution in [0.5, 0.6) is 0 Å². The average Bonchev–Trinajstić information content (AvgIpc) is 2.10. The Hall–Kier alpha value is -1.04. The van der Waals surface area contributed by atoms with Crippen LogP contribution in [0.1, 0.15) is 24.5 Å². The van der Waals surface area contributed by atoms with Crippen LogP contribution in [0.4, 0.5) is 0 Å². The average molecular weight is 159 g/mol. The molecular formula is C12H15. The molecule has 1 aromatic rings. The van der Waals surface area contributed by atoms with Gasteiger partial charge in [0.25, 0.3) is 0 Å². The molecule has 0 amide bonds. The Balaban J connectivity index is 3.10. The minimum absolute atomic E-state index is 1.05. The Bertz CT molecular complexity index is 282. The van der Waals surface area contributed by atoms with Gasteiger partial charge in [0.1, 0.15) is 0 Å². The van der Waals surface area contributed by atoms with Crippen molar-refractivity contribution < 1.29 is 0 Å². The van der Waals surface area contributed by atoms with Crippen LogP contribution in [0.25, 0.3) is 5.57 Å². The van der Waals surface area contributed by atoms with Crippen LogP contribution in [0.15, 0.2) is 30.3 Å². The van der Waals surface area contributed by atoms with Crippen LogP contribution in [0.3, 0.4) is 0 Å². The van der Waals surface area contributed by atoms with Crippen molar-refractivity contribution in [3.05, 3.63) is 48.4 Å². The monoisotopic (exact) mass is 159 g/mol. The van der Waals surface area contributed by atoms with E-state index in [2.05, 4.69) is 45.0 Å². The summed E-state index contributed by atoms with van der Waals surface area (Å²) in [5, 5.41) is 0.